The maximum atomic E-state index is 9.66. The van der Waals surface area contributed by atoms with Crippen LogP contribution in [0.1, 0.15) is 5.76 Å². The van der Waals surface area contributed by atoms with Crippen molar-refractivity contribution >= 4 is 11.5 Å². The van der Waals surface area contributed by atoms with E-state index in [1.54, 1.807) is 36.9 Å². The van der Waals surface area contributed by atoms with Gasteiger partial charge in [0.2, 0.25) is 0 Å². The van der Waals surface area contributed by atoms with E-state index in [4.69, 9.17) is 4.42 Å². The molecular formula is C17H14N4O2. The van der Waals surface area contributed by atoms with Crippen LogP contribution in [0.3, 0.4) is 0 Å². The van der Waals surface area contributed by atoms with Gasteiger partial charge in [0.15, 0.2) is 11.5 Å². The third-order valence-electron chi connectivity index (χ3n) is 3.58. The summed E-state index contributed by atoms with van der Waals surface area (Å²) >= 11 is 0. The first kappa shape index (κ1) is 13.4. The van der Waals surface area contributed by atoms with Crippen LogP contribution in [0.15, 0.2) is 65.7 Å². The third kappa shape index (κ3) is 2.50. The second-order valence-corrected chi connectivity index (χ2v) is 5.10. The number of aromatic nitrogens is 3. The van der Waals surface area contributed by atoms with E-state index in [9.17, 15) is 5.11 Å². The van der Waals surface area contributed by atoms with Crippen LogP contribution < -0.4 is 5.32 Å². The fraction of sp³-hybridized carbons (Fsp3) is 0.0588. The molecule has 0 unspecified atom stereocenters. The molecule has 114 valence electrons. The van der Waals surface area contributed by atoms with Crippen LogP contribution in [0.25, 0.3) is 16.9 Å². The monoisotopic (exact) mass is 306 g/mol. The normalized spacial score (nSPS) is 11.0. The quantitative estimate of drug-likeness (QED) is 0.605. The van der Waals surface area contributed by atoms with Crippen molar-refractivity contribution < 1.29 is 9.52 Å². The summed E-state index contributed by atoms with van der Waals surface area (Å²) in [5.41, 5.74) is 2.50. The maximum Gasteiger partial charge on any atom is 0.180 e. The highest BCUT2D eigenvalue weighted by Crippen LogP contribution is 2.26. The van der Waals surface area contributed by atoms with Crippen LogP contribution in [0, 0.1) is 0 Å². The Morgan fingerprint density at radius 2 is 2.13 bits per heavy atom. The third-order valence-corrected chi connectivity index (χ3v) is 3.58. The predicted octanol–water partition coefficient (Wildman–Crippen LogP) is 3.31. The summed E-state index contributed by atoms with van der Waals surface area (Å²) in [4.78, 5) is 8.80. The van der Waals surface area contributed by atoms with Gasteiger partial charge >= 0.3 is 0 Å². The number of fused-ring (bicyclic) bond motifs is 1. The molecule has 1 aromatic carbocycles. The molecule has 0 bridgehead atoms. The molecule has 0 aliphatic heterocycles. The minimum absolute atomic E-state index is 0.225. The average Bonchev–Trinajstić information content (AvgIpc) is 3.22. The zero-order chi connectivity index (χ0) is 15.6. The van der Waals surface area contributed by atoms with Crippen molar-refractivity contribution in [3.8, 4) is 17.0 Å². The highest BCUT2D eigenvalue weighted by Gasteiger charge is 2.10. The van der Waals surface area contributed by atoms with Gasteiger partial charge < -0.3 is 14.8 Å². The Hall–Kier alpha value is -3.28. The lowest BCUT2D eigenvalue weighted by Crippen LogP contribution is -2.03. The van der Waals surface area contributed by atoms with Crippen LogP contribution >= 0.6 is 0 Å². The number of rotatable bonds is 4. The summed E-state index contributed by atoms with van der Waals surface area (Å²) in [5, 5.41) is 12.9. The zero-order valence-corrected chi connectivity index (χ0v) is 12.2. The number of phenols is 1. The van der Waals surface area contributed by atoms with E-state index in [1.807, 2.05) is 28.8 Å². The molecule has 0 saturated carbocycles. The number of aromatic hydroxyl groups is 1. The fourth-order valence-electron chi connectivity index (χ4n) is 2.51. The maximum absolute atomic E-state index is 9.66. The molecule has 0 spiro atoms. The van der Waals surface area contributed by atoms with Gasteiger partial charge in [0, 0.05) is 18.0 Å². The minimum Gasteiger partial charge on any atom is -0.508 e. The van der Waals surface area contributed by atoms with E-state index in [-0.39, 0.29) is 5.75 Å². The molecule has 0 amide bonds. The van der Waals surface area contributed by atoms with E-state index in [2.05, 4.69) is 15.3 Å². The molecule has 0 aliphatic carbocycles. The molecule has 0 aliphatic rings. The van der Waals surface area contributed by atoms with Gasteiger partial charge in [0.1, 0.15) is 11.5 Å². The number of nitrogens with zero attached hydrogens (tertiary/aromatic N) is 3. The Kier molecular flexibility index (Phi) is 3.20. The van der Waals surface area contributed by atoms with Crippen LogP contribution in [-0.4, -0.2) is 19.5 Å². The van der Waals surface area contributed by atoms with E-state index in [0.29, 0.717) is 12.4 Å². The number of phenolic OH excluding ortho intramolecular Hbond substituents is 1. The van der Waals surface area contributed by atoms with Crippen molar-refractivity contribution in [2.75, 3.05) is 5.32 Å². The van der Waals surface area contributed by atoms with Gasteiger partial charge in [-0.3, -0.25) is 4.40 Å². The summed E-state index contributed by atoms with van der Waals surface area (Å²) in [6.45, 7) is 0.536. The predicted molar refractivity (Wildman–Crippen MR) is 86.1 cm³/mol. The number of hydrogen-bond acceptors (Lipinski definition) is 5. The molecule has 0 radical (unpaired) electrons. The zero-order valence-electron chi connectivity index (χ0n) is 12.2. The summed E-state index contributed by atoms with van der Waals surface area (Å²) in [5.74, 6) is 1.73. The number of nitrogens with one attached hydrogen (secondary N) is 1. The van der Waals surface area contributed by atoms with Crippen molar-refractivity contribution in [1.82, 2.24) is 14.4 Å². The average molecular weight is 306 g/mol. The van der Waals surface area contributed by atoms with Gasteiger partial charge in [-0.15, -0.1) is 0 Å². The number of benzene rings is 1. The lowest BCUT2D eigenvalue weighted by molar-refractivity contribution is 0.475. The highest BCUT2D eigenvalue weighted by molar-refractivity contribution is 5.71. The van der Waals surface area contributed by atoms with Crippen molar-refractivity contribution in [2.45, 2.75) is 6.54 Å². The molecular weight excluding hydrogens is 292 g/mol. The SMILES string of the molecule is Oc1cccc(-c2cnc3c(NCc4ccco4)nccn23)c1. The Balaban J connectivity index is 1.71. The molecule has 3 aromatic heterocycles. The van der Waals surface area contributed by atoms with Crippen LogP contribution in [0.2, 0.25) is 0 Å². The number of anilines is 1. The van der Waals surface area contributed by atoms with Gasteiger partial charge in [0.25, 0.3) is 0 Å². The molecule has 0 atom stereocenters. The van der Waals surface area contributed by atoms with Gasteiger partial charge in [-0.05, 0) is 24.3 Å². The van der Waals surface area contributed by atoms with Crippen LogP contribution in [0.5, 0.6) is 5.75 Å². The standard InChI is InChI=1S/C17H14N4O2/c22-13-4-1-3-12(9-13)15-11-20-17-16(18-6-7-21(15)17)19-10-14-5-2-8-23-14/h1-9,11,22H,10H2,(H,18,19). The molecule has 0 fully saturated rings. The smallest absolute Gasteiger partial charge is 0.180 e. The van der Waals surface area contributed by atoms with Crippen LogP contribution in [0.4, 0.5) is 5.82 Å². The molecule has 4 aromatic rings. The number of furan rings is 1. The van der Waals surface area contributed by atoms with E-state index >= 15 is 0 Å². The Morgan fingerprint density at radius 3 is 2.96 bits per heavy atom. The number of imidazole rings is 1. The molecule has 4 rings (SSSR count). The minimum atomic E-state index is 0.225. The Labute approximate surface area is 132 Å². The molecule has 6 heteroatoms. The number of hydrogen-bond donors (Lipinski definition) is 2. The summed E-state index contributed by atoms with van der Waals surface area (Å²) in [7, 11) is 0. The second-order valence-electron chi connectivity index (χ2n) is 5.10. The van der Waals surface area contributed by atoms with E-state index < -0.39 is 0 Å². The Morgan fingerprint density at radius 1 is 1.17 bits per heavy atom. The van der Waals surface area contributed by atoms with Gasteiger partial charge in [-0.1, -0.05) is 12.1 Å². The largest absolute Gasteiger partial charge is 0.508 e. The van der Waals surface area contributed by atoms with Gasteiger partial charge in [0.05, 0.1) is 24.7 Å². The van der Waals surface area contributed by atoms with E-state index in [0.717, 1.165) is 22.7 Å². The van der Waals surface area contributed by atoms with Gasteiger partial charge in [-0.2, -0.15) is 0 Å². The van der Waals surface area contributed by atoms with Gasteiger partial charge in [-0.25, -0.2) is 9.97 Å². The van der Waals surface area contributed by atoms with E-state index in [1.165, 1.54) is 0 Å². The molecule has 2 N–H and O–H groups in total. The summed E-state index contributed by atoms with van der Waals surface area (Å²) in [6, 6.07) is 10.8. The Bertz CT molecular complexity index is 944. The van der Waals surface area contributed by atoms with Crippen LogP contribution in [-0.2, 0) is 6.54 Å². The second kappa shape index (κ2) is 5.49. The fourth-order valence-corrected chi connectivity index (χ4v) is 2.51. The van der Waals surface area contributed by atoms with Crippen molar-refractivity contribution in [1.29, 1.82) is 0 Å². The highest BCUT2D eigenvalue weighted by atomic mass is 16.3. The first-order chi connectivity index (χ1) is 11.3. The van der Waals surface area contributed by atoms with Crippen molar-refractivity contribution in [3.05, 3.63) is 67.0 Å². The van der Waals surface area contributed by atoms with Crippen molar-refractivity contribution in [2.24, 2.45) is 0 Å². The molecule has 23 heavy (non-hydrogen) atoms. The molecule has 3 heterocycles. The first-order valence-corrected chi connectivity index (χ1v) is 7.19. The lowest BCUT2D eigenvalue weighted by Gasteiger charge is -2.06. The van der Waals surface area contributed by atoms with Crippen molar-refractivity contribution in [3.63, 3.8) is 0 Å². The topological polar surface area (TPSA) is 75.6 Å². The molecule has 6 nitrogen and oxygen atoms in total. The first-order valence-electron chi connectivity index (χ1n) is 7.19. The summed E-state index contributed by atoms with van der Waals surface area (Å²) in [6.07, 6.45) is 6.97. The lowest BCUT2D eigenvalue weighted by atomic mass is 10.1. The molecule has 0 saturated heterocycles. The summed E-state index contributed by atoms with van der Waals surface area (Å²) < 4.78 is 7.25.